The first-order chi connectivity index (χ1) is 6.87. The lowest BCUT2D eigenvalue weighted by molar-refractivity contribution is -0.151. The Kier molecular flexibility index (Phi) is 6.60. The van der Waals surface area contributed by atoms with Gasteiger partial charge in [-0.25, -0.2) is 4.79 Å². The van der Waals surface area contributed by atoms with Gasteiger partial charge in [-0.15, -0.1) is 0 Å². The van der Waals surface area contributed by atoms with Crippen LogP contribution in [-0.4, -0.2) is 38.3 Å². The van der Waals surface area contributed by atoms with E-state index in [1.165, 1.54) is 0 Å². The van der Waals surface area contributed by atoms with Crippen molar-refractivity contribution in [2.75, 3.05) is 13.2 Å². The standard InChI is InChI=1S/C10H21BO4/c1-6-13-9(12)7-14-10(4,5)11-15-8(2)3/h8,11H,6-7H2,1-5H3. The second-order valence-corrected chi connectivity index (χ2v) is 4.21. The Bertz CT molecular complexity index is 192. The molecule has 0 saturated carbocycles. The average Bonchev–Trinajstić information content (AvgIpc) is 2.13. The molecule has 0 heterocycles. The molecule has 0 aromatic heterocycles. The lowest BCUT2D eigenvalue weighted by Crippen LogP contribution is -2.37. The summed E-state index contributed by atoms with van der Waals surface area (Å²) in [5.41, 5.74) is -0.461. The van der Waals surface area contributed by atoms with Crippen LogP contribution in [0.5, 0.6) is 0 Å². The third kappa shape index (κ3) is 8.45. The van der Waals surface area contributed by atoms with Crippen molar-refractivity contribution in [3.63, 3.8) is 0 Å². The number of rotatable bonds is 7. The quantitative estimate of drug-likeness (QED) is 0.471. The number of ether oxygens (including phenoxy) is 2. The van der Waals surface area contributed by atoms with Gasteiger partial charge in [-0.2, -0.15) is 0 Å². The van der Waals surface area contributed by atoms with Crippen LogP contribution in [0.15, 0.2) is 0 Å². The largest absolute Gasteiger partial charge is 0.464 e. The Morgan fingerprint density at radius 3 is 2.47 bits per heavy atom. The summed E-state index contributed by atoms with van der Waals surface area (Å²) in [6.07, 6.45) is 0.162. The third-order valence-corrected chi connectivity index (χ3v) is 1.65. The first-order valence-electron chi connectivity index (χ1n) is 5.28. The predicted octanol–water partition coefficient (Wildman–Crippen LogP) is 1.08. The molecule has 4 nitrogen and oxygen atoms in total. The van der Waals surface area contributed by atoms with Crippen LogP contribution in [0.1, 0.15) is 34.6 Å². The van der Waals surface area contributed by atoms with Crippen molar-refractivity contribution in [2.45, 2.75) is 46.2 Å². The lowest BCUT2D eigenvalue weighted by atomic mass is 9.77. The first kappa shape index (κ1) is 14.5. The summed E-state index contributed by atoms with van der Waals surface area (Å²) in [5.74, 6) is -0.338. The van der Waals surface area contributed by atoms with E-state index in [1.807, 2.05) is 27.7 Å². The minimum atomic E-state index is -0.461. The number of hydrogen-bond donors (Lipinski definition) is 0. The number of carbonyl (C=O) groups excluding carboxylic acids is 1. The summed E-state index contributed by atoms with van der Waals surface area (Å²) in [6.45, 7) is 9.81. The molecule has 88 valence electrons. The van der Waals surface area contributed by atoms with Gasteiger partial charge >= 0.3 is 13.5 Å². The lowest BCUT2D eigenvalue weighted by Gasteiger charge is -2.24. The Balaban J connectivity index is 3.77. The van der Waals surface area contributed by atoms with Gasteiger partial charge in [0.1, 0.15) is 6.61 Å². The number of hydrogen-bond acceptors (Lipinski definition) is 4. The minimum absolute atomic E-state index is 0.0255. The zero-order valence-electron chi connectivity index (χ0n) is 10.3. The smallest absolute Gasteiger partial charge is 0.332 e. The minimum Gasteiger partial charge on any atom is -0.464 e. The Labute approximate surface area is 92.5 Å². The maximum Gasteiger partial charge on any atom is 0.332 e. The van der Waals surface area contributed by atoms with E-state index in [9.17, 15) is 4.79 Å². The van der Waals surface area contributed by atoms with E-state index in [1.54, 1.807) is 6.92 Å². The van der Waals surface area contributed by atoms with Crippen molar-refractivity contribution >= 4 is 13.5 Å². The highest BCUT2D eigenvalue weighted by molar-refractivity contribution is 6.31. The highest BCUT2D eigenvalue weighted by Crippen LogP contribution is 2.08. The van der Waals surface area contributed by atoms with E-state index in [0.29, 0.717) is 14.1 Å². The van der Waals surface area contributed by atoms with Crippen LogP contribution < -0.4 is 0 Å². The topological polar surface area (TPSA) is 44.8 Å². The molecule has 15 heavy (non-hydrogen) atoms. The van der Waals surface area contributed by atoms with E-state index < -0.39 is 5.50 Å². The summed E-state index contributed by atoms with van der Waals surface area (Å²) >= 11 is 0. The summed E-state index contributed by atoms with van der Waals surface area (Å²) in [6, 6.07) is 0. The summed E-state index contributed by atoms with van der Waals surface area (Å²) in [4.78, 5) is 11.0. The molecule has 0 atom stereocenters. The van der Waals surface area contributed by atoms with Crippen LogP contribution in [0.3, 0.4) is 0 Å². The second kappa shape index (κ2) is 6.85. The van der Waals surface area contributed by atoms with Gasteiger partial charge in [0, 0.05) is 6.10 Å². The molecule has 0 N–H and O–H groups in total. The van der Waals surface area contributed by atoms with Crippen molar-refractivity contribution < 1.29 is 18.9 Å². The zero-order chi connectivity index (χ0) is 11.9. The molecule has 0 unspecified atom stereocenters. The Morgan fingerprint density at radius 1 is 1.40 bits per heavy atom. The molecule has 0 aliphatic rings. The second-order valence-electron chi connectivity index (χ2n) is 4.21. The van der Waals surface area contributed by atoms with E-state index in [2.05, 4.69) is 0 Å². The maximum absolute atomic E-state index is 11.0. The van der Waals surface area contributed by atoms with Gasteiger partial charge in [0.25, 0.3) is 0 Å². The van der Waals surface area contributed by atoms with Crippen LogP contribution in [-0.2, 0) is 18.9 Å². The third-order valence-electron chi connectivity index (χ3n) is 1.65. The molecule has 0 saturated heterocycles. The average molecular weight is 216 g/mol. The molecule has 0 fully saturated rings. The van der Waals surface area contributed by atoms with Crippen LogP contribution in [0.25, 0.3) is 0 Å². The van der Waals surface area contributed by atoms with Crippen molar-refractivity contribution in [2.24, 2.45) is 0 Å². The van der Waals surface area contributed by atoms with Crippen molar-refractivity contribution in [1.82, 2.24) is 0 Å². The number of esters is 1. The SMILES string of the molecule is CCOC(=O)COC(C)(C)BOC(C)C. The molecule has 0 aliphatic carbocycles. The zero-order valence-corrected chi connectivity index (χ0v) is 10.3. The fraction of sp³-hybridized carbons (Fsp3) is 0.900. The van der Waals surface area contributed by atoms with Crippen LogP contribution in [0.2, 0.25) is 0 Å². The van der Waals surface area contributed by atoms with Crippen molar-refractivity contribution in [3.8, 4) is 0 Å². The van der Waals surface area contributed by atoms with Gasteiger partial charge < -0.3 is 14.1 Å². The van der Waals surface area contributed by atoms with E-state index in [4.69, 9.17) is 14.1 Å². The summed E-state index contributed by atoms with van der Waals surface area (Å²) < 4.78 is 15.6. The van der Waals surface area contributed by atoms with Crippen LogP contribution in [0, 0.1) is 0 Å². The van der Waals surface area contributed by atoms with E-state index in [0.717, 1.165) is 0 Å². The van der Waals surface area contributed by atoms with E-state index in [-0.39, 0.29) is 18.7 Å². The van der Waals surface area contributed by atoms with Crippen molar-refractivity contribution in [3.05, 3.63) is 0 Å². The Hall–Kier alpha value is -0.545. The molecule has 0 aromatic rings. The number of carbonyl (C=O) groups is 1. The molecular weight excluding hydrogens is 195 g/mol. The highest BCUT2D eigenvalue weighted by atomic mass is 16.6. The molecule has 0 radical (unpaired) electrons. The molecule has 0 spiro atoms. The normalized spacial score (nSPS) is 11.6. The molecule has 5 heteroatoms. The molecule has 0 aromatic carbocycles. The van der Waals surface area contributed by atoms with Gasteiger partial charge in [-0.3, -0.25) is 0 Å². The van der Waals surface area contributed by atoms with Crippen LogP contribution in [0.4, 0.5) is 0 Å². The first-order valence-corrected chi connectivity index (χ1v) is 5.28. The maximum atomic E-state index is 11.0. The van der Waals surface area contributed by atoms with Gasteiger partial charge in [0.05, 0.1) is 12.1 Å². The van der Waals surface area contributed by atoms with Gasteiger partial charge in [-0.05, 0) is 34.6 Å². The predicted molar refractivity (Wildman–Crippen MR) is 60.0 cm³/mol. The highest BCUT2D eigenvalue weighted by Gasteiger charge is 2.23. The molecule has 0 rings (SSSR count). The van der Waals surface area contributed by atoms with Crippen LogP contribution >= 0.6 is 0 Å². The summed E-state index contributed by atoms with van der Waals surface area (Å²) in [7, 11) is 0.462. The van der Waals surface area contributed by atoms with Gasteiger partial charge in [0.15, 0.2) is 0 Å². The molecule has 0 amide bonds. The van der Waals surface area contributed by atoms with Crippen molar-refractivity contribution in [1.29, 1.82) is 0 Å². The Morgan fingerprint density at radius 2 is 2.00 bits per heavy atom. The molecule has 0 bridgehead atoms. The summed E-state index contributed by atoms with van der Waals surface area (Å²) in [5, 5.41) is 0. The van der Waals surface area contributed by atoms with Gasteiger partial charge in [0.2, 0.25) is 0 Å². The van der Waals surface area contributed by atoms with Gasteiger partial charge in [-0.1, -0.05) is 0 Å². The molecule has 0 aliphatic heterocycles. The van der Waals surface area contributed by atoms with E-state index >= 15 is 0 Å². The fourth-order valence-corrected chi connectivity index (χ4v) is 0.866. The monoisotopic (exact) mass is 216 g/mol. The fourth-order valence-electron chi connectivity index (χ4n) is 0.866. The molecular formula is C10H21BO4.